The summed E-state index contributed by atoms with van der Waals surface area (Å²) < 4.78 is 5.51. The summed E-state index contributed by atoms with van der Waals surface area (Å²) >= 11 is 0. The Labute approximate surface area is 120 Å². The van der Waals surface area contributed by atoms with E-state index in [0.29, 0.717) is 18.2 Å². The van der Waals surface area contributed by atoms with Gasteiger partial charge in [0.1, 0.15) is 0 Å². The van der Waals surface area contributed by atoms with Crippen molar-refractivity contribution in [2.75, 3.05) is 7.11 Å². The third-order valence-corrected chi connectivity index (χ3v) is 4.73. The van der Waals surface area contributed by atoms with Crippen LogP contribution < -0.4 is 0 Å². The predicted molar refractivity (Wildman–Crippen MR) is 78.9 cm³/mol. The summed E-state index contributed by atoms with van der Waals surface area (Å²) in [4.78, 5) is 15.0. The van der Waals surface area contributed by atoms with Gasteiger partial charge in [-0.25, -0.2) is 0 Å². The first-order chi connectivity index (χ1) is 9.58. The van der Waals surface area contributed by atoms with E-state index in [9.17, 15) is 4.79 Å². The molecule has 0 spiro atoms. The smallest absolute Gasteiger partial charge is 0.254 e. The number of hydrogen-bond donors (Lipinski definition) is 0. The zero-order chi connectivity index (χ0) is 14.3. The van der Waals surface area contributed by atoms with E-state index in [1.165, 1.54) is 0 Å². The molecule has 1 aromatic carbocycles. The van der Waals surface area contributed by atoms with E-state index in [1.54, 1.807) is 7.11 Å². The highest BCUT2D eigenvalue weighted by molar-refractivity contribution is 5.95. The van der Waals surface area contributed by atoms with Crippen molar-refractivity contribution < 1.29 is 9.53 Å². The van der Waals surface area contributed by atoms with Gasteiger partial charge in [0.15, 0.2) is 0 Å². The maximum atomic E-state index is 12.8. The number of carbonyl (C=O) groups is 1. The van der Waals surface area contributed by atoms with Gasteiger partial charge >= 0.3 is 0 Å². The minimum atomic E-state index is 0.207. The predicted octanol–water partition coefficient (Wildman–Crippen LogP) is 3.09. The van der Waals surface area contributed by atoms with Crippen molar-refractivity contribution in [3.05, 3.63) is 34.9 Å². The molecule has 2 saturated heterocycles. The Morgan fingerprint density at radius 2 is 1.65 bits per heavy atom. The first kappa shape index (κ1) is 13.6. The molecule has 2 atom stereocenters. The lowest BCUT2D eigenvalue weighted by Gasteiger charge is -2.38. The molecule has 0 aromatic heterocycles. The van der Waals surface area contributed by atoms with Gasteiger partial charge < -0.3 is 9.64 Å². The fourth-order valence-electron chi connectivity index (χ4n) is 3.90. The molecule has 2 fully saturated rings. The van der Waals surface area contributed by atoms with Crippen molar-refractivity contribution in [2.24, 2.45) is 0 Å². The molecule has 2 heterocycles. The number of fused-ring (bicyclic) bond motifs is 2. The third kappa shape index (κ3) is 2.35. The van der Waals surface area contributed by atoms with Gasteiger partial charge in [-0.3, -0.25) is 4.79 Å². The minimum Gasteiger partial charge on any atom is -0.381 e. The Balaban J connectivity index is 1.84. The second-order valence-corrected chi connectivity index (χ2v) is 6.30. The molecule has 1 amide bonds. The van der Waals surface area contributed by atoms with Gasteiger partial charge in [-0.2, -0.15) is 0 Å². The fraction of sp³-hybridized carbons (Fsp3) is 0.588. The largest absolute Gasteiger partial charge is 0.381 e. The van der Waals surface area contributed by atoms with Crippen LogP contribution in [0.1, 0.15) is 47.2 Å². The first-order valence-electron chi connectivity index (χ1n) is 7.52. The average Bonchev–Trinajstić information content (AvgIpc) is 2.67. The van der Waals surface area contributed by atoms with Crippen LogP contribution in [0.15, 0.2) is 18.2 Å². The molecule has 3 heteroatoms. The van der Waals surface area contributed by atoms with Crippen LogP contribution in [0.4, 0.5) is 0 Å². The molecular weight excluding hydrogens is 250 g/mol. The second-order valence-electron chi connectivity index (χ2n) is 6.30. The van der Waals surface area contributed by atoms with E-state index in [-0.39, 0.29) is 5.91 Å². The Morgan fingerprint density at radius 3 is 2.15 bits per heavy atom. The quantitative estimate of drug-likeness (QED) is 0.828. The Bertz CT molecular complexity index is 491. The highest BCUT2D eigenvalue weighted by atomic mass is 16.5. The molecule has 3 nitrogen and oxygen atoms in total. The Hall–Kier alpha value is -1.35. The topological polar surface area (TPSA) is 29.5 Å². The van der Waals surface area contributed by atoms with Crippen molar-refractivity contribution in [1.29, 1.82) is 0 Å². The summed E-state index contributed by atoms with van der Waals surface area (Å²) in [6.45, 7) is 4.10. The van der Waals surface area contributed by atoms with Crippen LogP contribution in [-0.2, 0) is 4.74 Å². The van der Waals surface area contributed by atoms with Crippen LogP contribution in [0.3, 0.4) is 0 Å². The number of rotatable bonds is 2. The number of ether oxygens (including phenoxy) is 1. The van der Waals surface area contributed by atoms with Crippen molar-refractivity contribution in [1.82, 2.24) is 4.90 Å². The van der Waals surface area contributed by atoms with E-state index in [4.69, 9.17) is 4.74 Å². The van der Waals surface area contributed by atoms with Crippen LogP contribution in [0, 0.1) is 13.8 Å². The summed E-state index contributed by atoms with van der Waals surface area (Å²) in [5, 5.41) is 0. The molecule has 0 aliphatic carbocycles. The number of nitrogens with zero attached hydrogens (tertiary/aromatic N) is 1. The van der Waals surface area contributed by atoms with Gasteiger partial charge in [-0.15, -0.1) is 0 Å². The summed E-state index contributed by atoms with van der Waals surface area (Å²) in [5.41, 5.74) is 3.16. The Kier molecular flexibility index (Phi) is 3.55. The van der Waals surface area contributed by atoms with E-state index < -0.39 is 0 Å². The number of hydrogen-bond acceptors (Lipinski definition) is 2. The molecule has 1 aromatic rings. The molecule has 2 bridgehead atoms. The van der Waals surface area contributed by atoms with Crippen molar-refractivity contribution >= 4 is 5.91 Å². The van der Waals surface area contributed by atoms with E-state index in [0.717, 1.165) is 42.4 Å². The normalized spacial score (nSPS) is 28.8. The lowest BCUT2D eigenvalue weighted by atomic mass is 9.97. The summed E-state index contributed by atoms with van der Waals surface area (Å²) in [6.07, 6.45) is 4.56. The fourth-order valence-corrected chi connectivity index (χ4v) is 3.90. The van der Waals surface area contributed by atoms with Gasteiger partial charge in [0.2, 0.25) is 0 Å². The number of piperidine rings is 1. The molecule has 2 aliphatic rings. The Morgan fingerprint density at radius 1 is 1.10 bits per heavy atom. The van der Waals surface area contributed by atoms with Crippen LogP contribution >= 0.6 is 0 Å². The SMILES string of the molecule is COC1CC2CCC(C1)N2C(=O)c1cc(C)cc(C)c1. The average molecular weight is 273 g/mol. The molecule has 108 valence electrons. The molecule has 20 heavy (non-hydrogen) atoms. The zero-order valence-corrected chi connectivity index (χ0v) is 12.6. The summed E-state index contributed by atoms with van der Waals surface area (Å²) in [6, 6.07) is 6.87. The lowest BCUT2D eigenvalue weighted by molar-refractivity contribution is 0.00821. The number of benzene rings is 1. The van der Waals surface area contributed by atoms with E-state index in [2.05, 4.69) is 24.8 Å². The van der Waals surface area contributed by atoms with Crippen molar-refractivity contribution in [3.8, 4) is 0 Å². The van der Waals surface area contributed by atoms with Crippen LogP contribution in [0.2, 0.25) is 0 Å². The minimum absolute atomic E-state index is 0.207. The first-order valence-corrected chi connectivity index (χ1v) is 7.52. The van der Waals surface area contributed by atoms with Gasteiger partial charge in [0.25, 0.3) is 5.91 Å². The summed E-state index contributed by atoms with van der Waals surface area (Å²) in [5.74, 6) is 0.207. The number of carbonyl (C=O) groups excluding carboxylic acids is 1. The van der Waals surface area contributed by atoms with Gasteiger partial charge in [0.05, 0.1) is 6.10 Å². The van der Waals surface area contributed by atoms with E-state index >= 15 is 0 Å². The molecular formula is C17H23NO2. The maximum Gasteiger partial charge on any atom is 0.254 e. The zero-order valence-electron chi connectivity index (χ0n) is 12.6. The van der Waals surface area contributed by atoms with Crippen LogP contribution in [-0.4, -0.2) is 36.1 Å². The van der Waals surface area contributed by atoms with Gasteiger partial charge in [-0.1, -0.05) is 17.2 Å². The molecule has 2 unspecified atom stereocenters. The monoisotopic (exact) mass is 273 g/mol. The lowest BCUT2D eigenvalue weighted by Crippen LogP contribution is -2.48. The second kappa shape index (κ2) is 5.21. The number of aryl methyl sites for hydroxylation is 2. The third-order valence-electron chi connectivity index (χ3n) is 4.73. The number of amides is 1. The van der Waals surface area contributed by atoms with Gasteiger partial charge in [0, 0.05) is 24.8 Å². The standard InChI is InChI=1S/C17H23NO2/c1-11-6-12(2)8-13(7-11)17(19)18-14-4-5-15(18)10-16(9-14)20-3/h6-8,14-16H,4-5,9-10H2,1-3H3. The highest BCUT2D eigenvalue weighted by Crippen LogP contribution is 2.37. The number of methoxy groups -OCH3 is 1. The summed E-state index contributed by atoms with van der Waals surface area (Å²) in [7, 11) is 1.78. The van der Waals surface area contributed by atoms with Crippen molar-refractivity contribution in [2.45, 2.75) is 57.7 Å². The molecule has 0 N–H and O–H groups in total. The molecule has 2 aliphatic heterocycles. The molecule has 0 saturated carbocycles. The maximum absolute atomic E-state index is 12.8. The van der Waals surface area contributed by atoms with Crippen LogP contribution in [0.25, 0.3) is 0 Å². The van der Waals surface area contributed by atoms with Crippen LogP contribution in [0.5, 0.6) is 0 Å². The van der Waals surface area contributed by atoms with E-state index in [1.807, 2.05) is 12.1 Å². The molecule has 3 rings (SSSR count). The van der Waals surface area contributed by atoms with Crippen molar-refractivity contribution in [3.63, 3.8) is 0 Å². The highest BCUT2D eigenvalue weighted by Gasteiger charge is 2.43. The van der Waals surface area contributed by atoms with Gasteiger partial charge in [-0.05, 0) is 51.7 Å². The molecule has 0 radical (unpaired) electrons.